The van der Waals surface area contributed by atoms with Crippen molar-refractivity contribution < 1.29 is 8.91 Å². The van der Waals surface area contributed by atoms with Gasteiger partial charge in [0.05, 0.1) is 11.1 Å². The normalized spacial score (nSPS) is 20.7. The Bertz CT molecular complexity index is 878. The smallest absolute Gasteiger partial charge is 0.230 e. The molecule has 1 fully saturated rings. The monoisotopic (exact) mass is 329 g/mol. The molecule has 2 N–H and O–H groups in total. The average Bonchev–Trinajstić information content (AvgIpc) is 3.08. The van der Waals surface area contributed by atoms with Gasteiger partial charge in [0.2, 0.25) is 11.7 Å². The molecule has 24 heavy (non-hydrogen) atoms. The molecule has 1 aliphatic rings. The van der Waals surface area contributed by atoms with Crippen LogP contribution in [0, 0.1) is 12.7 Å². The van der Waals surface area contributed by atoms with Gasteiger partial charge in [-0.1, -0.05) is 19.0 Å². The fourth-order valence-electron chi connectivity index (χ4n) is 3.32. The highest BCUT2D eigenvalue weighted by Gasteiger charge is 2.35. The number of aromatic nitrogens is 4. The van der Waals surface area contributed by atoms with Crippen LogP contribution in [0.15, 0.2) is 16.7 Å². The number of aromatic amines is 1. The molecule has 0 saturated heterocycles. The Morgan fingerprint density at radius 2 is 2.08 bits per heavy atom. The molecule has 2 aromatic heterocycles. The number of rotatable bonds is 4. The molecule has 3 aromatic rings. The van der Waals surface area contributed by atoms with Crippen LogP contribution in [0.2, 0.25) is 0 Å². The number of nitrogens with one attached hydrogen (secondary N) is 2. The fourth-order valence-corrected chi connectivity index (χ4v) is 3.32. The predicted octanol–water partition coefficient (Wildman–Crippen LogP) is 3.30. The molecule has 7 heteroatoms. The van der Waals surface area contributed by atoms with Crippen molar-refractivity contribution in [2.24, 2.45) is 0 Å². The molecule has 1 aliphatic carbocycles. The number of benzene rings is 1. The minimum absolute atomic E-state index is 0.241. The number of halogens is 1. The molecular formula is C17H20FN5O. The summed E-state index contributed by atoms with van der Waals surface area (Å²) < 4.78 is 19.7. The average molecular weight is 329 g/mol. The van der Waals surface area contributed by atoms with Crippen LogP contribution in [0.1, 0.15) is 44.3 Å². The van der Waals surface area contributed by atoms with Crippen molar-refractivity contribution >= 4 is 11.0 Å². The van der Waals surface area contributed by atoms with E-state index in [9.17, 15) is 4.39 Å². The molecule has 1 aromatic carbocycles. The molecule has 6 nitrogen and oxygen atoms in total. The molecule has 126 valence electrons. The van der Waals surface area contributed by atoms with Crippen molar-refractivity contribution in [3.8, 4) is 11.4 Å². The van der Waals surface area contributed by atoms with E-state index in [-0.39, 0.29) is 11.7 Å². The lowest BCUT2D eigenvalue weighted by atomic mass is 9.80. The number of hydrogen-bond acceptors (Lipinski definition) is 5. The Morgan fingerprint density at radius 3 is 2.83 bits per heavy atom. The lowest BCUT2D eigenvalue weighted by molar-refractivity contribution is 0.225. The second kappa shape index (κ2) is 5.66. The first-order valence-electron chi connectivity index (χ1n) is 8.26. The number of nitrogens with zero attached hydrogens (tertiary/aromatic N) is 3. The van der Waals surface area contributed by atoms with Crippen molar-refractivity contribution in [1.29, 1.82) is 0 Å². The summed E-state index contributed by atoms with van der Waals surface area (Å²) in [6, 6.07) is 4.02. The number of H-pyrrole nitrogens is 1. The molecule has 2 heterocycles. The van der Waals surface area contributed by atoms with Gasteiger partial charge < -0.3 is 14.8 Å². The first-order valence-corrected chi connectivity index (χ1v) is 8.26. The summed E-state index contributed by atoms with van der Waals surface area (Å²) >= 11 is 0. The maximum Gasteiger partial charge on any atom is 0.230 e. The van der Waals surface area contributed by atoms with Gasteiger partial charge in [-0.15, -0.1) is 0 Å². The Labute approximate surface area is 138 Å². The summed E-state index contributed by atoms with van der Waals surface area (Å²) in [6.07, 6.45) is 1.93. The van der Waals surface area contributed by atoms with Crippen LogP contribution in [0.5, 0.6) is 0 Å². The molecule has 0 aliphatic heterocycles. The van der Waals surface area contributed by atoms with Gasteiger partial charge in [-0.2, -0.15) is 4.98 Å². The Kier molecular flexibility index (Phi) is 3.60. The zero-order valence-electron chi connectivity index (χ0n) is 13.9. The van der Waals surface area contributed by atoms with Crippen molar-refractivity contribution in [1.82, 2.24) is 25.4 Å². The molecule has 0 radical (unpaired) electrons. The third-order valence-corrected chi connectivity index (χ3v) is 4.44. The lowest BCUT2D eigenvalue weighted by Gasteiger charge is -2.34. The first-order chi connectivity index (χ1) is 11.5. The van der Waals surface area contributed by atoms with Crippen LogP contribution in [-0.4, -0.2) is 32.2 Å². The Hall–Kier alpha value is -2.28. The van der Waals surface area contributed by atoms with Gasteiger partial charge in [-0.05, 0) is 31.9 Å². The van der Waals surface area contributed by atoms with E-state index >= 15 is 0 Å². The zero-order valence-corrected chi connectivity index (χ0v) is 13.9. The van der Waals surface area contributed by atoms with Gasteiger partial charge in [0.15, 0.2) is 0 Å². The predicted molar refractivity (Wildman–Crippen MR) is 88.1 cm³/mol. The van der Waals surface area contributed by atoms with Crippen LogP contribution < -0.4 is 5.32 Å². The van der Waals surface area contributed by atoms with E-state index in [0.717, 1.165) is 24.2 Å². The van der Waals surface area contributed by atoms with Gasteiger partial charge in [0.1, 0.15) is 17.2 Å². The molecule has 4 rings (SSSR count). The Balaban J connectivity index is 1.61. The summed E-state index contributed by atoms with van der Waals surface area (Å²) in [5, 5.41) is 7.48. The van der Waals surface area contributed by atoms with Crippen LogP contribution >= 0.6 is 0 Å². The maximum atomic E-state index is 14.3. The Morgan fingerprint density at radius 1 is 1.29 bits per heavy atom. The van der Waals surface area contributed by atoms with Gasteiger partial charge in [-0.3, -0.25) is 0 Å². The van der Waals surface area contributed by atoms with Crippen LogP contribution in [-0.2, 0) is 0 Å². The molecular weight excluding hydrogens is 309 g/mol. The van der Waals surface area contributed by atoms with E-state index < -0.39 is 5.82 Å². The minimum Gasteiger partial charge on any atom is -0.342 e. The van der Waals surface area contributed by atoms with Crippen LogP contribution in [0.4, 0.5) is 4.39 Å². The summed E-state index contributed by atoms with van der Waals surface area (Å²) in [5.41, 5.74) is 1.59. The van der Waals surface area contributed by atoms with Gasteiger partial charge in [0, 0.05) is 18.0 Å². The van der Waals surface area contributed by atoms with Crippen molar-refractivity contribution in [2.75, 3.05) is 0 Å². The van der Waals surface area contributed by atoms with E-state index in [1.165, 1.54) is 6.07 Å². The molecule has 0 bridgehead atoms. The number of fused-ring (bicyclic) bond motifs is 1. The highest BCUT2D eigenvalue weighted by Crippen LogP contribution is 2.37. The third kappa shape index (κ3) is 2.58. The largest absolute Gasteiger partial charge is 0.342 e. The first kappa shape index (κ1) is 15.3. The molecule has 0 spiro atoms. The number of hydrogen-bond donors (Lipinski definition) is 2. The highest BCUT2D eigenvalue weighted by molar-refractivity contribution is 5.90. The quantitative estimate of drug-likeness (QED) is 0.768. The molecule has 0 amide bonds. The highest BCUT2D eigenvalue weighted by atomic mass is 19.1. The second-order valence-electron chi connectivity index (χ2n) is 6.78. The van der Waals surface area contributed by atoms with Crippen molar-refractivity contribution in [3.63, 3.8) is 0 Å². The fraction of sp³-hybridized carbons (Fsp3) is 0.471. The van der Waals surface area contributed by atoms with Crippen LogP contribution in [0.25, 0.3) is 22.4 Å². The topological polar surface area (TPSA) is 79.6 Å². The standard InChI is InChI=1S/C17H20FN5O/c1-8(2)19-11-6-10(7-11)17-22-16(23-24-17)14-12(18)4-5-13-15(14)21-9(3)20-13/h4-5,8,10-11,19H,6-7H2,1-3H3,(H,20,21)/t10-,11+. The third-order valence-electron chi connectivity index (χ3n) is 4.44. The second-order valence-corrected chi connectivity index (χ2v) is 6.78. The van der Waals surface area contributed by atoms with E-state index in [2.05, 4.69) is 39.3 Å². The van der Waals surface area contributed by atoms with Crippen molar-refractivity contribution in [3.05, 3.63) is 29.7 Å². The van der Waals surface area contributed by atoms with E-state index in [1.807, 2.05) is 6.92 Å². The minimum atomic E-state index is -0.394. The molecule has 0 atom stereocenters. The van der Waals surface area contributed by atoms with Gasteiger partial charge in [0.25, 0.3) is 0 Å². The number of imidazole rings is 1. The summed E-state index contributed by atoms with van der Waals surface area (Å²) in [6.45, 7) is 6.10. The summed E-state index contributed by atoms with van der Waals surface area (Å²) in [4.78, 5) is 11.9. The van der Waals surface area contributed by atoms with Crippen LogP contribution in [0.3, 0.4) is 0 Å². The molecule has 1 saturated carbocycles. The van der Waals surface area contributed by atoms with E-state index in [0.29, 0.717) is 29.1 Å². The maximum absolute atomic E-state index is 14.3. The zero-order chi connectivity index (χ0) is 16.8. The molecule has 0 unspecified atom stereocenters. The van der Waals surface area contributed by atoms with Crippen molar-refractivity contribution in [2.45, 2.75) is 51.6 Å². The van der Waals surface area contributed by atoms with Gasteiger partial charge >= 0.3 is 0 Å². The summed E-state index contributed by atoms with van der Waals surface area (Å²) in [7, 11) is 0. The lowest BCUT2D eigenvalue weighted by Crippen LogP contribution is -2.43. The van der Waals surface area contributed by atoms with E-state index in [4.69, 9.17) is 4.52 Å². The SMILES string of the molecule is Cc1nc2c(-c3noc([C@H]4C[C@@H](NC(C)C)C4)n3)c(F)ccc2[nH]1. The van der Waals surface area contributed by atoms with E-state index in [1.54, 1.807) is 6.07 Å². The van der Waals surface area contributed by atoms with Gasteiger partial charge in [-0.25, -0.2) is 9.37 Å². The summed E-state index contributed by atoms with van der Waals surface area (Å²) in [5.74, 6) is 1.41. The number of aryl methyl sites for hydroxylation is 1.